The molecule has 0 radical (unpaired) electrons. The zero-order chi connectivity index (χ0) is 13.9. The van der Waals surface area contributed by atoms with E-state index in [2.05, 4.69) is 34.6 Å². The summed E-state index contributed by atoms with van der Waals surface area (Å²) < 4.78 is 6.18. The zero-order valence-electron chi connectivity index (χ0n) is 13.6. The molecular formula is C17H36O. The van der Waals surface area contributed by atoms with Gasteiger partial charge in [-0.3, -0.25) is 0 Å². The SMILES string of the molecule is CCCCCCCCCC(CC)(CC)OC(C)C. The molecule has 0 aromatic rings. The number of hydrogen-bond acceptors (Lipinski definition) is 1. The first-order valence-corrected chi connectivity index (χ1v) is 8.28. The summed E-state index contributed by atoms with van der Waals surface area (Å²) in [6.45, 7) is 11.1. The van der Waals surface area contributed by atoms with Crippen LogP contribution in [-0.4, -0.2) is 11.7 Å². The van der Waals surface area contributed by atoms with Gasteiger partial charge >= 0.3 is 0 Å². The lowest BCUT2D eigenvalue weighted by molar-refractivity contribution is -0.0913. The van der Waals surface area contributed by atoms with E-state index < -0.39 is 0 Å². The third kappa shape index (κ3) is 8.13. The molecule has 0 amide bonds. The second-order valence-electron chi connectivity index (χ2n) is 5.93. The van der Waals surface area contributed by atoms with Crippen LogP contribution in [0.3, 0.4) is 0 Å². The molecule has 0 rings (SSSR count). The van der Waals surface area contributed by atoms with E-state index in [4.69, 9.17) is 4.74 Å². The normalized spacial score (nSPS) is 12.3. The summed E-state index contributed by atoms with van der Waals surface area (Å²) >= 11 is 0. The Morgan fingerprint density at radius 1 is 0.778 bits per heavy atom. The molecule has 0 saturated heterocycles. The van der Waals surface area contributed by atoms with Gasteiger partial charge in [-0.1, -0.05) is 65.7 Å². The van der Waals surface area contributed by atoms with Crippen molar-refractivity contribution < 1.29 is 4.74 Å². The van der Waals surface area contributed by atoms with Gasteiger partial charge in [0.15, 0.2) is 0 Å². The van der Waals surface area contributed by atoms with Crippen LogP contribution in [-0.2, 0) is 4.74 Å². The third-order valence-corrected chi connectivity index (χ3v) is 4.01. The van der Waals surface area contributed by atoms with Crippen molar-refractivity contribution in [1.29, 1.82) is 0 Å². The Morgan fingerprint density at radius 3 is 1.72 bits per heavy atom. The molecule has 0 heterocycles. The molecule has 1 heteroatoms. The number of ether oxygens (including phenoxy) is 1. The van der Waals surface area contributed by atoms with E-state index in [-0.39, 0.29) is 5.60 Å². The summed E-state index contributed by atoms with van der Waals surface area (Å²) in [6, 6.07) is 0. The van der Waals surface area contributed by atoms with Crippen LogP contribution in [0.1, 0.15) is 98.8 Å². The Balaban J connectivity index is 3.76. The quantitative estimate of drug-likeness (QED) is 0.383. The van der Waals surface area contributed by atoms with Crippen molar-refractivity contribution in [3.8, 4) is 0 Å². The maximum Gasteiger partial charge on any atom is 0.0680 e. The van der Waals surface area contributed by atoms with E-state index in [0.717, 1.165) is 12.8 Å². The minimum absolute atomic E-state index is 0.150. The fourth-order valence-electron chi connectivity index (χ4n) is 2.73. The van der Waals surface area contributed by atoms with Gasteiger partial charge in [0.05, 0.1) is 11.7 Å². The molecule has 18 heavy (non-hydrogen) atoms. The molecule has 0 aliphatic rings. The Labute approximate surface area is 116 Å². The average Bonchev–Trinajstić information content (AvgIpc) is 2.36. The average molecular weight is 256 g/mol. The van der Waals surface area contributed by atoms with Crippen molar-refractivity contribution in [1.82, 2.24) is 0 Å². The summed E-state index contributed by atoms with van der Waals surface area (Å²) in [5, 5.41) is 0. The molecule has 0 fully saturated rings. The molecule has 0 bridgehead atoms. The first-order chi connectivity index (χ1) is 8.60. The molecule has 0 spiro atoms. The molecule has 0 aliphatic carbocycles. The van der Waals surface area contributed by atoms with E-state index in [1.165, 1.54) is 51.4 Å². The Hall–Kier alpha value is -0.0400. The Bertz CT molecular complexity index is 170. The highest BCUT2D eigenvalue weighted by Gasteiger charge is 2.27. The molecule has 0 N–H and O–H groups in total. The van der Waals surface area contributed by atoms with Gasteiger partial charge in [-0.2, -0.15) is 0 Å². The van der Waals surface area contributed by atoms with Crippen LogP contribution in [0.15, 0.2) is 0 Å². The van der Waals surface area contributed by atoms with Gasteiger partial charge in [-0.15, -0.1) is 0 Å². The predicted octanol–water partition coefficient (Wildman–Crippen LogP) is 6.11. The Kier molecular flexibility index (Phi) is 10.8. The number of rotatable bonds is 12. The van der Waals surface area contributed by atoms with Crippen molar-refractivity contribution in [2.75, 3.05) is 0 Å². The highest BCUT2D eigenvalue weighted by atomic mass is 16.5. The highest BCUT2D eigenvalue weighted by Crippen LogP contribution is 2.29. The second-order valence-corrected chi connectivity index (χ2v) is 5.93. The van der Waals surface area contributed by atoms with Gasteiger partial charge in [0.2, 0.25) is 0 Å². The van der Waals surface area contributed by atoms with Crippen LogP contribution < -0.4 is 0 Å². The van der Waals surface area contributed by atoms with Gasteiger partial charge in [0, 0.05) is 0 Å². The monoisotopic (exact) mass is 256 g/mol. The minimum atomic E-state index is 0.150. The second kappa shape index (κ2) is 10.8. The minimum Gasteiger partial charge on any atom is -0.372 e. The van der Waals surface area contributed by atoms with Gasteiger partial charge < -0.3 is 4.74 Å². The standard InChI is InChI=1S/C17H36O/c1-6-9-10-11-12-13-14-15-17(7-2,8-3)18-16(4)5/h16H,6-15H2,1-5H3. The van der Waals surface area contributed by atoms with Crippen molar-refractivity contribution >= 4 is 0 Å². The van der Waals surface area contributed by atoms with Crippen molar-refractivity contribution in [3.63, 3.8) is 0 Å². The summed E-state index contributed by atoms with van der Waals surface area (Å²) in [6.07, 6.45) is 13.6. The predicted molar refractivity (Wildman–Crippen MR) is 82.1 cm³/mol. The van der Waals surface area contributed by atoms with Crippen molar-refractivity contribution in [2.24, 2.45) is 0 Å². The maximum atomic E-state index is 6.18. The fraction of sp³-hybridized carbons (Fsp3) is 1.00. The smallest absolute Gasteiger partial charge is 0.0680 e. The van der Waals surface area contributed by atoms with Crippen LogP contribution in [0, 0.1) is 0 Å². The summed E-state index contributed by atoms with van der Waals surface area (Å²) in [7, 11) is 0. The van der Waals surface area contributed by atoms with Crippen LogP contribution in [0.4, 0.5) is 0 Å². The van der Waals surface area contributed by atoms with E-state index >= 15 is 0 Å². The lowest BCUT2D eigenvalue weighted by atomic mass is 9.90. The van der Waals surface area contributed by atoms with E-state index in [0.29, 0.717) is 6.10 Å². The molecule has 110 valence electrons. The molecule has 0 aliphatic heterocycles. The van der Waals surface area contributed by atoms with E-state index in [9.17, 15) is 0 Å². The first kappa shape index (κ1) is 18.0. The highest BCUT2D eigenvalue weighted by molar-refractivity contribution is 4.78. The number of unbranched alkanes of at least 4 members (excludes halogenated alkanes) is 6. The Morgan fingerprint density at radius 2 is 1.28 bits per heavy atom. The summed E-state index contributed by atoms with van der Waals surface area (Å²) in [4.78, 5) is 0. The van der Waals surface area contributed by atoms with Gasteiger partial charge in [-0.25, -0.2) is 0 Å². The largest absolute Gasteiger partial charge is 0.372 e. The zero-order valence-corrected chi connectivity index (χ0v) is 13.6. The maximum absolute atomic E-state index is 6.18. The van der Waals surface area contributed by atoms with Crippen LogP contribution in [0.2, 0.25) is 0 Å². The van der Waals surface area contributed by atoms with Crippen LogP contribution in [0.5, 0.6) is 0 Å². The lowest BCUT2D eigenvalue weighted by Gasteiger charge is -2.34. The molecule has 0 aromatic carbocycles. The van der Waals surface area contributed by atoms with Crippen molar-refractivity contribution in [2.45, 2.75) is 111 Å². The van der Waals surface area contributed by atoms with Crippen LogP contribution >= 0.6 is 0 Å². The molecule has 0 atom stereocenters. The third-order valence-electron chi connectivity index (χ3n) is 4.01. The van der Waals surface area contributed by atoms with Gasteiger partial charge in [-0.05, 0) is 33.1 Å². The number of hydrogen-bond donors (Lipinski definition) is 0. The van der Waals surface area contributed by atoms with Gasteiger partial charge in [0.1, 0.15) is 0 Å². The molecule has 0 aromatic heterocycles. The fourth-order valence-corrected chi connectivity index (χ4v) is 2.73. The van der Waals surface area contributed by atoms with Gasteiger partial charge in [0.25, 0.3) is 0 Å². The first-order valence-electron chi connectivity index (χ1n) is 8.28. The summed E-state index contributed by atoms with van der Waals surface area (Å²) in [5.41, 5.74) is 0.150. The molecular weight excluding hydrogens is 220 g/mol. The lowest BCUT2D eigenvalue weighted by Crippen LogP contribution is -2.33. The van der Waals surface area contributed by atoms with Crippen LogP contribution in [0.25, 0.3) is 0 Å². The molecule has 0 saturated carbocycles. The van der Waals surface area contributed by atoms with E-state index in [1.54, 1.807) is 0 Å². The molecule has 1 nitrogen and oxygen atoms in total. The summed E-state index contributed by atoms with van der Waals surface area (Å²) in [5.74, 6) is 0. The van der Waals surface area contributed by atoms with E-state index in [1.807, 2.05) is 0 Å². The molecule has 0 unspecified atom stereocenters. The topological polar surface area (TPSA) is 9.23 Å². The van der Waals surface area contributed by atoms with Crippen molar-refractivity contribution in [3.05, 3.63) is 0 Å².